The van der Waals surface area contributed by atoms with Crippen molar-refractivity contribution in [1.82, 2.24) is 19.8 Å². The largest absolute Gasteiger partial charge is 0.497 e. The molecule has 43 heavy (non-hydrogen) atoms. The first-order valence-corrected chi connectivity index (χ1v) is 15.6. The normalized spacial score (nSPS) is 29.9. The van der Waals surface area contributed by atoms with Crippen molar-refractivity contribution in [2.45, 2.75) is 79.1 Å². The first kappa shape index (κ1) is 29.6. The lowest BCUT2D eigenvalue weighted by Gasteiger charge is -2.74. The number of ether oxygens (including phenoxy) is 1. The van der Waals surface area contributed by atoms with E-state index in [1.807, 2.05) is 18.2 Å². The van der Waals surface area contributed by atoms with Crippen LogP contribution in [0.25, 0.3) is 10.9 Å². The lowest BCUT2D eigenvalue weighted by Crippen LogP contribution is -2.72. The molecule has 1 aliphatic heterocycles. The predicted molar refractivity (Wildman–Crippen MR) is 170 cm³/mol. The molecule has 1 unspecified atom stereocenters. The summed E-state index contributed by atoms with van der Waals surface area (Å²) in [5, 5.41) is 7.80. The lowest BCUT2D eigenvalue weighted by atomic mass is 9.31. The molecule has 3 aliphatic rings. The minimum absolute atomic E-state index is 0.140. The van der Waals surface area contributed by atoms with Crippen LogP contribution in [-0.2, 0) is 13.0 Å². The van der Waals surface area contributed by atoms with Crippen LogP contribution in [0.4, 0.5) is 10.1 Å². The highest BCUT2D eigenvalue weighted by molar-refractivity contribution is 5.96. The second-order valence-electron chi connectivity index (χ2n) is 13.8. The van der Waals surface area contributed by atoms with Gasteiger partial charge in [-0.25, -0.2) is 14.4 Å². The van der Waals surface area contributed by atoms with Gasteiger partial charge in [-0.05, 0) is 79.2 Å². The molecule has 0 spiro atoms. The van der Waals surface area contributed by atoms with Gasteiger partial charge in [0, 0.05) is 43.5 Å². The fraction of sp³-hybridized carbons (Fsp3) is 0.559. The highest BCUT2D eigenvalue weighted by Gasteiger charge is 2.71. The number of fused-ring (bicyclic) bond motifs is 2. The first-order chi connectivity index (χ1) is 20.4. The van der Waals surface area contributed by atoms with Gasteiger partial charge in [-0.2, -0.15) is 0 Å². The molecule has 9 heteroatoms. The van der Waals surface area contributed by atoms with E-state index in [1.165, 1.54) is 13.2 Å². The van der Waals surface area contributed by atoms with Crippen LogP contribution in [0.3, 0.4) is 0 Å². The number of anilines is 1. The SMILES string of the molecule is COc1ccc(CCn2cnc3cc(NC(=NC4C[C@@H]5C(C)(C)[C@@H](C)[C@@]45C)N4C[C@@H](C)N[C@@H](C)C4)ccc3c2=O)c(F)c1. The maximum absolute atomic E-state index is 14.4. The van der Waals surface area contributed by atoms with Crippen LogP contribution >= 0.6 is 0 Å². The third kappa shape index (κ3) is 5.09. The zero-order valence-electron chi connectivity index (χ0n) is 26.4. The molecule has 2 heterocycles. The molecule has 1 aromatic heterocycles. The van der Waals surface area contributed by atoms with Crippen molar-refractivity contribution in [2.24, 2.45) is 27.7 Å². The van der Waals surface area contributed by atoms with Gasteiger partial charge in [-0.1, -0.05) is 33.8 Å². The van der Waals surface area contributed by atoms with Crippen LogP contribution < -0.4 is 20.9 Å². The predicted octanol–water partition coefficient (Wildman–Crippen LogP) is 5.31. The van der Waals surface area contributed by atoms with Crippen LogP contribution in [0, 0.1) is 28.5 Å². The van der Waals surface area contributed by atoms with Crippen LogP contribution in [0.5, 0.6) is 5.75 Å². The number of guanidine groups is 1. The van der Waals surface area contributed by atoms with Crippen LogP contribution in [0.15, 0.2) is 52.5 Å². The fourth-order valence-electron chi connectivity index (χ4n) is 8.16. The Labute approximate surface area is 253 Å². The molecule has 3 aromatic rings. The van der Waals surface area contributed by atoms with E-state index >= 15 is 0 Å². The quantitative estimate of drug-likeness (QED) is 0.300. The molecule has 3 fully saturated rings. The van der Waals surface area contributed by atoms with Crippen LogP contribution in [-0.4, -0.2) is 58.7 Å². The lowest BCUT2D eigenvalue weighted by molar-refractivity contribution is -0.245. The number of rotatable bonds is 6. The molecule has 8 nitrogen and oxygen atoms in total. The number of aryl methyl sites for hydroxylation is 2. The van der Waals surface area contributed by atoms with Gasteiger partial charge in [-0.3, -0.25) is 9.36 Å². The van der Waals surface area contributed by atoms with E-state index in [2.05, 4.69) is 62.1 Å². The van der Waals surface area contributed by atoms with Gasteiger partial charge in [-0.15, -0.1) is 0 Å². The molecule has 6 rings (SSSR count). The number of nitrogens with zero attached hydrogens (tertiary/aromatic N) is 4. The van der Waals surface area contributed by atoms with Crippen molar-refractivity contribution in [3.8, 4) is 5.75 Å². The van der Waals surface area contributed by atoms with Crippen LogP contribution in [0.1, 0.15) is 53.5 Å². The molecule has 0 radical (unpaired) electrons. The number of nitrogens with one attached hydrogen (secondary N) is 2. The topological polar surface area (TPSA) is 83.8 Å². The van der Waals surface area contributed by atoms with Crippen molar-refractivity contribution in [3.63, 3.8) is 0 Å². The number of aliphatic imine (C=N–C) groups is 1. The average Bonchev–Trinajstić information content (AvgIpc) is 2.97. The van der Waals surface area contributed by atoms with E-state index in [-0.39, 0.29) is 22.8 Å². The van der Waals surface area contributed by atoms with E-state index in [0.717, 1.165) is 31.2 Å². The standard InChI is InChI=1S/C34H45FN6O2/c1-20-17-41(18-21(2)37-20)32(39-30-16-29-33(4,5)22(3)34(29,30)6)38-24-9-11-26-28(14-24)36-19-40(31(26)42)13-12-23-8-10-25(43-7)15-27(23)35/h8-11,14-15,19-22,29-30,37H,12-13,16-18H2,1-7H3,(H,38,39)/t20-,21+,22-,29-,30?,34-/m1/s1. The number of aromatic nitrogens is 2. The second-order valence-corrected chi connectivity index (χ2v) is 13.8. The second kappa shape index (κ2) is 10.9. The van der Waals surface area contributed by atoms with Gasteiger partial charge in [0.25, 0.3) is 5.56 Å². The molecule has 2 aromatic carbocycles. The Bertz CT molecular complexity index is 1600. The van der Waals surface area contributed by atoms with E-state index in [1.54, 1.807) is 23.0 Å². The van der Waals surface area contributed by atoms with Gasteiger partial charge in [0.2, 0.25) is 0 Å². The van der Waals surface area contributed by atoms with Crippen LogP contribution in [0.2, 0.25) is 0 Å². The van der Waals surface area contributed by atoms with Gasteiger partial charge in [0.05, 0.1) is 30.4 Å². The summed E-state index contributed by atoms with van der Waals surface area (Å²) in [7, 11) is 1.51. The number of methoxy groups -OCH3 is 1. The number of piperazine rings is 1. The first-order valence-electron chi connectivity index (χ1n) is 15.6. The average molecular weight is 589 g/mol. The minimum atomic E-state index is -0.343. The molecule has 2 saturated carbocycles. The molecule has 230 valence electrons. The molecule has 0 bridgehead atoms. The summed E-state index contributed by atoms with van der Waals surface area (Å²) in [6, 6.07) is 11.5. The third-order valence-corrected chi connectivity index (χ3v) is 11.0. The maximum Gasteiger partial charge on any atom is 0.261 e. The van der Waals surface area contributed by atoms with E-state index in [9.17, 15) is 9.18 Å². The minimum Gasteiger partial charge on any atom is -0.497 e. The molecular weight excluding hydrogens is 543 g/mol. The van der Waals surface area contributed by atoms with Gasteiger partial charge >= 0.3 is 0 Å². The van der Waals surface area contributed by atoms with Gasteiger partial charge in [0.1, 0.15) is 11.6 Å². The zero-order valence-corrected chi connectivity index (χ0v) is 26.4. The Morgan fingerprint density at radius 3 is 2.56 bits per heavy atom. The number of hydrogen-bond donors (Lipinski definition) is 2. The molecule has 1 saturated heterocycles. The number of benzene rings is 2. The van der Waals surface area contributed by atoms with Crippen molar-refractivity contribution >= 4 is 22.5 Å². The summed E-state index contributed by atoms with van der Waals surface area (Å²) in [6.45, 7) is 16.1. The molecule has 2 N–H and O–H groups in total. The molecular formula is C34H45FN6O2. The monoisotopic (exact) mass is 588 g/mol. The fourth-order valence-corrected chi connectivity index (χ4v) is 8.16. The van der Waals surface area contributed by atoms with Gasteiger partial charge < -0.3 is 20.3 Å². The number of halogens is 1. The third-order valence-electron chi connectivity index (χ3n) is 11.0. The summed E-state index contributed by atoms with van der Waals surface area (Å²) in [5.74, 6) is 2.35. The Morgan fingerprint density at radius 2 is 1.88 bits per heavy atom. The summed E-state index contributed by atoms with van der Waals surface area (Å²) in [4.78, 5) is 25.7. The van der Waals surface area contributed by atoms with Crippen molar-refractivity contribution < 1.29 is 9.13 Å². The Kier molecular flexibility index (Phi) is 7.51. The number of hydrogen-bond acceptors (Lipinski definition) is 5. The molecule has 6 atom stereocenters. The molecule has 2 aliphatic carbocycles. The van der Waals surface area contributed by atoms with Crippen molar-refractivity contribution in [1.29, 1.82) is 0 Å². The van der Waals surface area contributed by atoms with E-state index in [0.29, 0.717) is 64.5 Å². The Balaban J connectivity index is 1.24. The summed E-state index contributed by atoms with van der Waals surface area (Å²) < 4.78 is 21.1. The summed E-state index contributed by atoms with van der Waals surface area (Å²) in [5.41, 5.74) is 2.46. The van der Waals surface area contributed by atoms with Crippen molar-refractivity contribution in [3.05, 3.63) is 64.5 Å². The smallest absolute Gasteiger partial charge is 0.261 e. The molecule has 0 amide bonds. The zero-order chi connectivity index (χ0) is 30.7. The summed E-state index contributed by atoms with van der Waals surface area (Å²) in [6.07, 6.45) is 3.05. The Hall–Kier alpha value is -3.46. The summed E-state index contributed by atoms with van der Waals surface area (Å²) >= 11 is 0. The highest BCUT2D eigenvalue weighted by atomic mass is 19.1. The van der Waals surface area contributed by atoms with E-state index in [4.69, 9.17) is 9.73 Å². The Morgan fingerprint density at radius 1 is 1.14 bits per heavy atom. The van der Waals surface area contributed by atoms with Crippen molar-refractivity contribution in [2.75, 3.05) is 25.5 Å². The highest BCUT2D eigenvalue weighted by Crippen LogP contribution is 2.74. The van der Waals surface area contributed by atoms with Gasteiger partial charge in [0.15, 0.2) is 5.96 Å². The van der Waals surface area contributed by atoms with E-state index < -0.39 is 0 Å². The maximum atomic E-state index is 14.4.